The van der Waals surface area contributed by atoms with Crippen molar-refractivity contribution in [3.8, 4) is 5.69 Å². The predicted molar refractivity (Wildman–Crippen MR) is 82.2 cm³/mol. The molecule has 0 fully saturated rings. The van der Waals surface area contributed by atoms with Crippen molar-refractivity contribution in [2.75, 3.05) is 6.54 Å². The lowest BCUT2D eigenvalue weighted by Gasteiger charge is -2.02. The third-order valence-electron chi connectivity index (χ3n) is 3.30. The fraction of sp³-hybridized carbons (Fsp3) is 0.250. The van der Waals surface area contributed by atoms with Gasteiger partial charge in [-0.05, 0) is 24.3 Å². The van der Waals surface area contributed by atoms with E-state index in [-0.39, 0.29) is 0 Å². The molecule has 0 aliphatic carbocycles. The van der Waals surface area contributed by atoms with Gasteiger partial charge in [-0.25, -0.2) is 4.68 Å². The summed E-state index contributed by atoms with van der Waals surface area (Å²) in [4.78, 5) is 0. The van der Waals surface area contributed by atoms with Crippen LogP contribution in [0.2, 0.25) is 0 Å². The van der Waals surface area contributed by atoms with E-state index in [2.05, 4.69) is 15.5 Å². The molecule has 0 radical (unpaired) electrons. The van der Waals surface area contributed by atoms with Crippen molar-refractivity contribution in [1.29, 1.82) is 0 Å². The van der Waals surface area contributed by atoms with Crippen LogP contribution in [0.4, 0.5) is 0 Å². The summed E-state index contributed by atoms with van der Waals surface area (Å²) in [5.41, 5.74) is 3.23. The third-order valence-corrected chi connectivity index (χ3v) is 3.30. The summed E-state index contributed by atoms with van der Waals surface area (Å²) in [6, 6.07) is 14.2. The molecule has 2 aromatic heterocycles. The Hall–Kier alpha value is -2.40. The first-order valence-corrected chi connectivity index (χ1v) is 7.10. The highest BCUT2D eigenvalue weighted by Gasteiger charge is 2.01. The van der Waals surface area contributed by atoms with E-state index in [0.29, 0.717) is 0 Å². The van der Waals surface area contributed by atoms with E-state index in [9.17, 15) is 0 Å². The van der Waals surface area contributed by atoms with Gasteiger partial charge in [-0.2, -0.15) is 10.2 Å². The molecule has 0 bridgehead atoms. The van der Waals surface area contributed by atoms with Crippen LogP contribution in [-0.2, 0) is 20.0 Å². The van der Waals surface area contributed by atoms with E-state index in [1.165, 1.54) is 0 Å². The Kier molecular flexibility index (Phi) is 4.12. The standard InChI is InChI=1S/C16H19N5/c1-20-11-8-14(18-20)7-10-17-13-15-9-12-21(19-15)16-5-3-2-4-6-16/h2-6,8-9,11-12,17H,7,10,13H2,1H3. The molecule has 0 unspecified atom stereocenters. The first-order valence-electron chi connectivity index (χ1n) is 7.10. The van der Waals surface area contributed by atoms with Gasteiger partial charge in [0.25, 0.3) is 0 Å². The molecule has 108 valence electrons. The minimum atomic E-state index is 0.771. The Bertz CT molecular complexity index is 684. The van der Waals surface area contributed by atoms with Gasteiger partial charge in [0, 0.05) is 39.0 Å². The Balaban J connectivity index is 1.49. The summed E-state index contributed by atoms with van der Waals surface area (Å²) in [5, 5.41) is 12.3. The molecule has 0 saturated carbocycles. The van der Waals surface area contributed by atoms with Crippen molar-refractivity contribution in [2.24, 2.45) is 7.05 Å². The largest absolute Gasteiger partial charge is 0.311 e. The fourth-order valence-electron chi connectivity index (χ4n) is 2.21. The van der Waals surface area contributed by atoms with Crippen LogP contribution in [0.1, 0.15) is 11.4 Å². The minimum absolute atomic E-state index is 0.771. The summed E-state index contributed by atoms with van der Waals surface area (Å²) in [5.74, 6) is 0. The molecular weight excluding hydrogens is 262 g/mol. The van der Waals surface area contributed by atoms with Crippen molar-refractivity contribution in [2.45, 2.75) is 13.0 Å². The van der Waals surface area contributed by atoms with Crippen LogP contribution in [-0.4, -0.2) is 26.1 Å². The Morgan fingerprint density at radius 2 is 1.76 bits per heavy atom. The SMILES string of the molecule is Cn1ccc(CCNCc2ccn(-c3ccccc3)n2)n1. The zero-order valence-electron chi connectivity index (χ0n) is 12.1. The Labute approximate surface area is 124 Å². The maximum Gasteiger partial charge on any atom is 0.0766 e. The second kappa shape index (κ2) is 6.37. The average Bonchev–Trinajstić information content (AvgIpc) is 3.14. The van der Waals surface area contributed by atoms with Gasteiger partial charge in [-0.1, -0.05) is 18.2 Å². The number of aromatic nitrogens is 4. The van der Waals surface area contributed by atoms with Crippen LogP contribution < -0.4 is 5.32 Å². The highest BCUT2D eigenvalue weighted by Crippen LogP contribution is 2.06. The molecule has 5 nitrogen and oxygen atoms in total. The first kappa shape index (κ1) is 13.6. The molecule has 5 heteroatoms. The smallest absolute Gasteiger partial charge is 0.0766 e. The van der Waals surface area contributed by atoms with E-state index in [0.717, 1.165) is 36.6 Å². The average molecular weight is 281 g/mol. The molecule has 0 amide bonds. The summed E-state index contributed by atoms with van der Waals surface area (Å²) >= 11 is 0. The third kappa shape index (κ3) is 3.58. The lowest BCUT2D eigenvalue weighted by Crippen LogP contribution is -2.17. The lowest BCUT2D eigenvalue weighted by atomic mass is 10.3. The van der Waals surface area contributed by atoms with Gasteiger partial charge in [0.1, 0.15) is 0 Å². The molecule has 2 heterocycles. The molecule has 0 spiro atoms. The van der Waals surface area contributed by atoms with Gasteiger partial charge in [-0.15, -0.1) is 0 Å². The Morgan fingerprint density at radius 1 is 0.952 bits per heavy atom. The number of para-hydroxylation sites is 1. The number of hydrogen-bond acceptors (Lipinski definition) is 3. The van der Waals surface area contributed by atoms with Crippen LogP contribution in [0, 0.1) is 0 Å². The number of hydrogen-bond donors (Lipinski definition) is 1. The number of benzene rings is 1. The predicted octanol–water partition coefficient (Wildman–Crippen LogP) is 1.94. The lowest BCUT2D eigenvalue weighted by molar-refractivity contribution is 0.650. The monoisotopic (exact) mass is 281 g/mol. The van der Waals surface area contributed by atoms with Crippen LogP contribution in [0.25, 0.3) is 5.69 Å². The second-order valence-corrected chi connectivity index (χ2v) is 4.99. The maximum atomic E-state index is 4.56. The number of nitrogens with zero attached hydrogens (tertiary/aromatic N) is 4. The topological polar surface area (TPSA) is 47.7 Å². The number of rotatable bonds is 6. The van der Waals surface area contributed by atoms with E-state index < -0.39 is 0 Å². The molecule has 0 atom stereocenters. The van der Waals surface area contributed by atoms with Crippen molar-refractivity contribution in [1.82, 2.24) is 24.9 Å². The number of aryl methyl sites for hydroxylation is 1. The highest BCUT2D eigenvalue weighted by molar-refractivity contribution is 5.30. The summed E-state index contributed by atoms with van der Waals surface area (Å²) in [6.07, 6.45) is 4.89. The molecule has 1 aromatic carbocycles. The van der Waals surface area contributed by atoms with E-state index in [4.69, 9.17) is 0 Å². The minimum Gasteiger partial charge on any atom is -0.311 e. The fourth-order valence-corrected chi connectivity index (χ4v) is 2.21. The van der Waals surface area contributed by atoms with Gasteiger partial charge in [0.15, 0.2) is 0 Å². The molecular formula is C16H19N5. The van der Waals surface area contributed by atoms with E-state index in [1.807, 2.05) is 71.3 Å². The van der Waals surface area contributed by atoms with Gasteiger partial charge >= 0.3 is 0 Å². The summed E-state index contributed by atoms with van der Waals surface area (Å²) in [7, 11) is 1.94. The maximum absolute atomic E-state index is 4.56. The molecule has 0 saturated heterocycles. The van der Waals surface area contributed by atoms with Crippen LogP contribution in [0.3, 0.4) is 0 Å². The molecule has 0 aliphatic rings. The molecule has 1 N–H and O–H groups in total. The summed E-state index contributed by atoms with van der Waals surface area (Å²) in [6.45, 7) is 1.67. The normalized spacial score (nSPS) is 10.9. The zero-order valence-corrected chi connectivity index (χ0v) is 12.1. The Morgan fingerprint density at radius 3 is 2.52 bits per heavy atom. The molecule has 3 rings (SSSR count). The molecule has 3 aromatic rings. The van der Waals surface area contributed by atoms with Crippen molar-refractivity contribution < 1.29 is 0 Å². The van der Waals surface area contributed by atoms with Crippen LogP contribution >= 0.6 is 0 Å². The van der Waals surface area contributed by atoms with Gasteiger partial charge in [0.05, 0.1) is 17.1 Å². The highest BCUT2D eigenvalue weighted by atomic mass is 15.3. The summed E-state index contributed by atoms with van der Waals surface area (Å²) < 4.78 is 3.73. The van der Waals surface area contributed by atoms with Crippen molar-refractivity contribution in [3.63, 3.8) is 0 Å². The van der Waals surface area contributed by atoms with E-state index in [1.54, 1.807) is 0 Å². The first-order chi connectivity index (χ1) is 10.3. The second-order valence-electron chi connectivity index (χ2n) is 4.99. The van der Waals surface area contributed by atoms with Crippen LogP contribution in [0.15, 0.2) is 54.9 Å². The van der Waals surface area contributed by atoms with E-state index >= 15 is 0 Å². The zero-order chi connectivity index (χ0) is 14.5. The van der Waals surface area contributed by atoms with Crippen LogP contribution in [0.5, 0.6) is 0 Å². The van der Waals surface area contributed by atoms with Crippen molar-refractivity contribution in [3.05, 3.63) is 66.2 Å². The van der Waals surface area contributed by atoms with Gasteiger partial charge in [0.2, 0.25) is 0 Å². The molecule has 0 aliphatic heterocycles. The number of nitrogens with one attached hydrogen (secondary N) is 1. The van der Waals surface area contributed by atoms with Gasteiger partial charge in [-0.3, -0.25) is 4.68 Å². The molecule has 21 heavy (non-hydrogen) atoms. The van der Waals surface area contributed by atoms with Crippen molar-refractivity contribution >= 4 is 0 Å². The van der Waals surface area contributed by atoms with Gasteiger partial charge < -0.3 is 5.32 Å². The quantitative estimate of drug-likeness (QED) is 0.702.